The molecule has 0 spiro atoms. The highest BCUT2D eigenvalue weighted by Gasteiger charge is 2.22. The zero-order chi connectivity index (χ0) is 20.5. The maximum absolute atomic E-state index is 12.7. The third-order valence-corrected chi connectivity index (χ3v) is 5.62. The van der Waals surface area contributed by atoms with Crippen LogP contribution in [0.15, 0.2) is 36.4 Å². The van der Waals surface area contributed by atoms with Crippen LogP contribution in [0.2, 0.25) is 5.02 Å². The van der Waals surface area contributed by atoms with Gasteiger partial charge in [0.1, 0.15) is 5.82 Å². The molecule has 3 aromatic rings. The molecular weight excluding hydrogens is 388 g/mol. The molecule has 0 radical (unpaired) electrons. The summed E-state index contributed by atoms with van der Waals surface area (Å²) in [5, 5.41) is 3.53. The first-order valence-electron chi connectivity index (χ1n) is 9.78. The molecule has 1 aliphatic rings. The van der Waals surface area contributed by atoms with Crippen LogP contribution in [0.25, 0.3) is 11.0 Å². The number of nitrogens with one attached hydrogen (secondary N) is 2. The highest BCUT2D eigenvalue weighted by molar-refractivity contribution is 6.31. The third-order valence-electron chi connectivity index (χ3n) is 5.38. The molecule has 29 heavy (non-hydrogen) atoms. The predicted molar refractivity (Wildman–Crippen MR) is 114 cm³/mol. The van der Waals surface area contributed by atoms with Crippen LogP contribution in [-0.2, 0) is 4.79 Å². The van der Waals surface area contributed by atoms with Gasteiger partial charge in [-0.2, -0.15) is 0 Å². The van der Waals surface area contributed by atoms with Crippen molar-refractivity contribution >= 4 is 40.1 Å². The molecule has 4 rings (SSSR count). The Labute approximate surface area is 174 Å². The van der Waals surface area contributed by atoms with E-state index < -0.39 is 5.92 Å². The molecule has 1 unspecified atom stereocenters. The minimum Gasteiger partial charge on any atom is -0.341 e. The Morgan fingerprint density at radius 3 is 2.66 bits per heavy atom. The lowest BCUT2D eigenvalue weighted by Crippen LogP contribution is -2.28. The van der Waals surface area contributed by atoms with Gasteiger partial charge in [0, 0.05) is 29.4 Å². The van der Waals surface area contributed by atoms with E-state index in [0.29, 0.717) is 22.1 Å². The number of rotatable bonds is 4. The Hall–Kier alpha value is -2.86. The van der Waals surface area contributed by atoms with Crippen molar-refractivity contribution in [1.82, 2.24) is 14.9 Å². The molecule has 2 amide bonds. The number of benzene rings is 2. The summed E-state index contributed by atoms with van der Waals surface area (Å²) in [7, 11) is 0. The van der Waals surface area contributed by atoms with Crippen LogP contribution < -0.4 is 5.32 Å². The van der Waals surface area contributed by atoms with E-state index in [1.165, 1.54) is 0 Å². The Balaban J connectivity index is 1.48. The topological polar surface area (TPSA) is 78.1 Å². The summed E-state index contributed by atoms with van der Waals surface area (Å²) in [6, 6.07) is 10.8. The van der Waals surface area contributed by atoms with Crippen molar-refractivity contribution < 1.29 is 9.59 Å². The number of H-pyrrole nitrogens is 1. The lowest BCUT2D eigenvalue weighted by molar-refractivity contribution is -0.117. The van der Waals surface area contributed by atoms with E-state index in [2.05, 4.69) is 15.3 Å². The van der Waals surface area contributed by atoms with E-state index in [0.717, 1.165) is 42.5 Å². The van der Waals surface area contributed by atoms with Crippen LogP contribution in [0.5, 0.6) is 0 Å². The van der Waals surface area contributed by atoms with Gasteiger partial charge in [-0.15, -0.1) is 0 Å². The highest BCUT2D eigenvalue weighted by atomic mass is 35.5. The largest absolute Gasteiger partial charge is 0.341 e. The SMILES string of the molecule is Cc1cc(NC(=O)C(C)c2nc3cc(Cl)ccc3[nH]2)ccc1C(=O)N1CCCC1. The van der Waals surface area contributed by atoms with Crippen molar-refractivity contribution in [2.45, 2.75) is 32.6 Å². The average molecular weight is 411 g/mol. The lowest BCUT2D eigenvalue weighted by Gasteiger charge is -2.17. The minimum atomic E-state index is -0.465. The molecule has 0 aliphatic carbocycles. The first-order valence-corrected chi connectivity index (χ1v) is 10.2. The molecule has 1 aliphatic heterocycles. The second-order valence-corrected chi connectivity index (χ2v) is 7.96. The van der Waals surface area contributed by atoms with Crippen molar-refractivity contribution in [1.29, 1.82) is 0 Å². The molecule has 1 saturated heterocycles. The maximum atomic E-state index is 12.7. The summed E-state index contributed by atoms with van der Waals surface area (Å²) in [6.07, 6.45) is 2.12. The minimum absolute atomic E-state index is 0.0622. The molecule has 2 heterocycles. The lowest BCUT2D eigenvalue weighted by atomic mass is 10.1. The van der Waals surface area contributed by atoms with Crippen molar-refractivity contribution in [3.8, 4) is 0 Å². The fourth-order valence-electron chi connectivity index (χ4n) is 3.65. The van der Waals surface area contributed by atoms with Gasteiger partial charge in [0.05, 0.1) is 17.0 Å². The van der Waals surface area contributed by atoms with Crippen molar-refractivity contribution in [2.75, 3.05) is 18.4 Å². The fourth-order valence-corrected chi connectivity index (χ4v) is 3.82. The van der Waals surface area contributed by atoms with Crippen LogP contribution in [0, 0.1) is 6.92 Å². The highest BCUT2D eigenvalue weighted by Crippen LogP contribution is 2.23. The Morgan fingerprint density at radius 2 is 1.93 bits per heavy atom. The monoisotopic (exact) mass is 410 g/mol. The van der Waals surface area contributed by atoms with Gasteiger partial charge in [0.2, 0.25) is 5.91 Å². The fraction of sp³-hybridized carbons (Fsp3) is 0.318. The Bertz CT molecular complexity index is 1090. The van der Waals surface area contributed by atoms with Crippen LogP contribution in [0.1, 0.15) is 47.4 Å². The predicted octanol–water partition coefficient (Wildman–Crippen LogP) is 4.50. The number of aromatic amines is 1. The second kappa shape index (κ2) is 7.87. The smallest absolute Gasteiger partial charge is 0.254 e. The van der Waals surface area contributed by atoms with Crippen LogP contribution in [-0.4, -0.2) is 39.8 Å². The Kier molecular flexibility index (Phi) is 5.28. The molecule has 0 saturated carbocycles. The summed E-state index contributed by atoms with van der Waals surface area (Å²) in [5.41, 5.74) is 3.77. The van der Waals surface area contributed by atoms with Gasteiger partial charge in [-0.3, -0.25) is 9.59 Å². The number of anilines is 1. The molecule has 1 fully saturated rings. The van der Waals surface area contributed by atoms with Gasteiger partial charge in [0.25, 0.3) is 5.91 Å². The molecule has 1 atom stereocenters. The van der Waals surface area contributed by atoms with E-state index in [4.69, 9.17) is 11.6 Å². The number of amides is 2. The number of aromatic nitrogens is 2. The van der Waals surface area contributed by atoms with Gasteiger partial charge < -0.3 is 15.2 Å². The molecule has 2 aromatic carbocycles. The van der Waals surface area contributed by atoms with Gasteiger partial charge in [-0.25, -0.2) is 4.98 Å². The second-order valence-electron chi connectivity index (χ2n) is 7.52. The van der Waals surface area contributed by atoms with Gasteiger partial charge in [-0.1, -0.05) is 11.6 Å². The standard InChI is InChI=1S/C22H23ClN4O2/c1-13-11-16(6-7-17(13)22(29)27-9-3-4-10-27)24-21(28)14(2)20-25-18-8-5-15(23)12-19(18)26-20/h5-8,11-12,14H,3-4,9-10H2,1-2H3,(H,24,28)(H,25,26). The molecule has 1 aromatic heterocycles. The summed E-state index contributed by atoms with van der Waals surface area (Å²) in [5.74, 6) is 0.00469. The van der Waals surface area contributed by atoms with E-state index in [-0.39, 0.29) is 11.8 Å². The first kappa shape index (κ1) is 19.5. The van der Waals surface area contributed by atoms with Crippen molar-refractivity contribution in [3.63, 3.8) is 0 Å². The third kappa shape index (κ3) is 3.98. The number of likely N-dealkylation sites (tertiary alicyclic amines) is 1. The van der Waals surface area contributed by atoms with Crippen LogP contribution in [0.3, 0.4) is 0 Å². The maximum Gasteiger partial charge on any atom is 0.254 e. The molecular formula is C22H23ClN4O2. The number of aryl methyl sites for hydroxylation is 1. The van der Waals surface area contributed by atoms with E-state index in [1.54, 1.807) is 31.2 Å². The Morgan fingerprint density at radius 1 is 1.17 bits per heavy atom. The molecule has 6 nitrogen and oxygen atoms in total. The summed E-state index contributed by atoms with van der Waals surface area (Å²) < 4.78 is 0. The molecule has 2 N–H and O–H groups in total. The quantitative estimate of drug-likeness (QED) is 0.664. The number of halogens is 1. The zero-order valence-electron chi connectivity index (χ0n) is 16.5. The zero-order valence-corrected chi connectivity index (χ0v) is 17.2. The molecule has 150 valence electrons. The molecule has 0 bridgehead atoms. The normalized spacial score (nSPS) is 14.9. The number of fused-ring (bicyclic) bond motifs is 1. The molecule has 7 heteroatoms. The van der Waals surface area contributed by atoms with Gasteiger partial charge >= 0.3 is 0 Å². The summed E-state index contributed by atoms with van der Waals surface area (Å²) in [4.78, 5) is 34.9. The summed E-state index contributed by atoms with van der Waals surface area (Å²) in [6.45, 7) is 5.33. The number of hydrogen-bond donors (Lipinski definition) is 2. The van der Waals surface area contributed by atoms with Crippen molar-refractivity contribution in [3.05, 3.63) is 58.4 Å². The first-order chi connectivity index (χ1) is 13.9. The number of hydrogen-bond acceptors (Lipinski definition) is 3. The van der Waals surface area contributed by atoms with E-state index in [9.17, 15) is 9.59 Å². The number of carbonyl (C=O) groups is 2. The van der Waals surface area contributed by atoms with Gasteiger partial charge in [0.15, 0.2) is 0 Å². The number of nitrogens with zero attached hydrogens (tertiary/aromatic N) is 2. The van der Waals surface area contributed by atoms with Crippen LogP contribution >= 0.6 is 11.6 Å². The number of imidazole rings is 1. The van der Waals surface area contributed by atoms with E-state index >= 15 is 0 Å². The average Bonchev–Trinajstić information content (AvgIpc) is 3.36. The van der Waals surface area contributed by atoms with Gasteiger partial charge in [-0.05, 0) is 68.7 Å². The number of carbonyl (C=O) groups excluding carboxylic acids is 2. The van der Waals surface area contributed by atoms with Crippen molar-refractivity contribution in [2.24, 2.45) is 0 Å². The summed E-state index contributed by atoms with van der Waals surface area (Å²) >= 11 is 6.01. The van der Waals surface area contributed by atoms with E-state index in [1.807, 2.05) is 24.0 Å². The van der Waals surface area contributed by atoms with Crippen LogP contribution in [0.4, 0.5) is 5.69 Å².